The van der Waals surface area contributed by atoms with E-state index in [4.69, 9.17) is 4.74 Å². The normalized spacial score (nSPS) is 13.9. The summed E-state index contributed by atoms with van der Waals surface area (Å²) in [6, 6.07) is 6.17. The molecule has 2 aromatic rings. The lowest BCUT2D eigenvalue weighted by atomic mass is 10.1. The first-order valence-electron chi connectivity index (χ1n) is 8.37. The lowest BCUT2D eigenvalue weighted by Crippen LogP contribution is -2.40. The largest absolute Gasteiger partial charge is 0.508 e. The number of rotatable bonds is 2. The van der Waals surface area contributed by atoms with Gasteiger partial charge in [-0.25, -0.2) is 4.79 Å². The fourth-order valence-corrected chi connectivity index (χ4v) is 2.70. The van der Waals surface area contributed by atoms with Crippen LogP contribution in [0, 0.1) is 0 Å². The minimum atomic E-state index is -0.577. The number of fused-ring (bicyclic) bond motifs is 1. The van der Waals surface area contributed by atoms with Gasteiger partial charge in [-0.15, -0.1) is 0 Å². The van der Waals surface area contributed by atoms with Crippen LogP contribution in [0.15, 0.2) is 24.3 Å². The molecule has 0 aliphatic carbocycles. The van der Waals surface area contributed by atoms with E-state index < -0.39 is 11.7 Å². The van der Waals surface area contributed by atoms with Crippen LogP contribution in [-0.4, -0.2) is 44.4 Å². The Morgan fingerprint density at radius 2 is 1.96 bits per heavy atom. The van der Waals surface area contributed by atoms with Gasteiger partial charge in [-0.1, -0.05) is 0 Å². The maximum Gasteiger partial charge on any atom is 0.410 e. The fourth-order valence-electron chi connectivity index (χ4n) is 2.70. The third kappa shape index (κ3) is 3.96. The number of hydrogen-bond acceptors (Lipinski definition) is 5. The average molecular weight is 358 g/mol. The summed E-state index contributed by atoms with van der Waals surface area (Å²) >= 11 is 0. The molecular formula is C18H22N4O4. The number of amides is 2. The number of aromatic amines is 1. The third-order valence-electron chi connectivity index (χ3n) is 3.93. The Morgan fingerprint density at radius 1 is 1.27 bits per heavy atom. The van der Waals surface area contributed by atoms with Gasteiger partial charge in [0.25, 0.3) is 5.91 Å². The topological polar surface area (TPSA) is 108 Å². The van der Waals surface area contributed by atoms with Gasteiger partial charge in [-0.05, 0) is 45.0 Å². The van der Waals surface area contributed by atoms with Crippen LogP contribution in [0.4, 0.5) is 10.5 Å². The smallest absolute Gasteiger partial charge is 0.410 e. The molecule has 0 saturated heterocycles. The second-order valence-electron chi connectivity index (χ2n) is 7.18. The summed E-state index contributed by atoms with van der Waals surface area (Å²) in [7, 11) is 0. The number of aromatic nitrogens is 2. The standard InChI is InChI=1S/C18H22N4O4/c1-18(2,3)26-17(25)22-9-8-14-13(10-22)15(21-20-14)16(24)19-11-4-6-12(23)7-5-11/h4-7,23H,8-10H2,1-3H3,(H,19,24)(H,20,21). The van der Waals surface area contributed by atoms with Crippen molar-refractivity contribution >= 4 is 17.7 Å². The van der Waals surface area contributed by atoms with Crippen LogP contribution in [0.5, 0.6) is 5.75 Å². The van der Waals surface area contributed by atoms with Crippen molar-refractivity contribution in [2.24, 2.45) is 0 Å². The highest BCUT2D eigenvalue weighted by molar-refractivity contribution is 6.04. The van der Waals surface area contributed by atoms with E-state index in [1.807, 2.05) is 20.8 Å². The molecule has 0 unspecified atom stereocenters. The molecular weight excluding hydrogens is 336 g/mol. The number of benzene rings is 1. The second kappa shape index (κ2) is 6.70. The molecule has 1 aromatic heterocycles. The molecule has 2 amide bonds. The molecule has 1 aliphatic rings. The molecule has 8 heteroatoms. The summed E-state index contributed by atoms with van der Waals surface area (Å²) < 4.78 is 5.41. The van der Waals surface area contributed by atoms with Crippen molar-refractivity contribution in [2.75, 3.05) is 11.9 Å². The van der Waals surface area contributed by atoms with E-state index >= 15 is 0 Å². The van der Waals surface area contributed by atoms with Gasteiger partial charge in [0.15, 0.2) is 5.69 Å². The summed E-state index contributed by atoms with van der Waals surface area (Å²) in [5.41, 5.74) is 1.76. The number of aromatic hydroxyl groups is 1. The van der Waals surface area contributed by atoms with Crippen molar-refractivity contribution in [1.82, 2.24) is 15.1 Å². The molecule has 0 saturated carbocycles. The molecule has 138 valence electrons. The number of anilines is 1. The molecule has 0 spiro atoms. The zero-order valence-electron chi connectivity index (χ0n) is 15.0. The number of carbonyl (C=O) groups is 2. The summed E-state index contributed by atoms with van der Waals surface area (Å²) in [6.07, 6.45) is 0.169. The number of nitrogens with one attached hydrogen (secondary N) is 2. The summed E-state index contributed by atoms with van der Waals surface area (Å²) in [5.74, 6) is -0.257. The first-order chi connectivity index (χ1) is 12.2. The van der Waals surface area contributed by atoms with E-state index in [-0.39, 0.29) is 23.9 Å². The van der Waals surface area contributed by atoms with E-state index in [1.54, 1.807) is 17.0 Å². The van der Waals surface area contributed by atoms with Crippen molar-refractivity contribution in [3.05, 3.63) is 41.2 Å². The fraction of sp³-hybridized carbons (Fsp3) is 0.389. The van der Waals surface area contributed by atoms with Crippen LogP contribution in [0.3, 0.4) is 0 Å². The number of nitrogens with zero attached hydrogens (tertiary/aromatic N) is 2. The molecule has 2 heterocycles. The summed E-state index contributed by atoms with van der Waals surface area (Å²) in [4.78, 5) is 26.4. The highest BCUT2D eigenvalue weighted by Crippen LogP contribution is 2.23. The first-order valence-corrected chi connectivity index (χ1v) is 8.37. The molecule has 0 atom stereocenters. The average Bonchev–Trinajstić information content (AvgIpc) is 2.98. The van der Waals surface area contributed by atoms with Gasteiger partial charge in [0.05, 0.1) is 6.54 Å². The quantitative estimate of drug-likeness (QED) is 0.716. The van der Waals surface area contributed by atoms with E-state index in [0.29, 0.717) is 24.2 Å². The van der Waals surface area contributed by atoms with Gasteiger partial charge < -0.3 is 20.1 Å². The van der Waals surface area contributed by atoms with Crippen LogP contribution in [0.2, 0.25) is 0 Å². The molecule has 1 aromatic carbocycles. The predicted molar refractivity (Wildman–Crippen MR) is 95.0 cm³/mol. The Bertz CT molecular complexity index is 821. The summed E-state index contributed by atoms with van der Waals surface area (Å²) in [5, 5.41) is 19.0. The first kappa shape index (κ1) is 17.8. The Morgan fingerprint density at radius 3 is 2.62 bits per heavy atom. The van der Waals surface area contributed by atoms with Gasteiger partial charge >= 0.3 is 6.09 Å². The number of phenolic OH excluding ortho intramolecular Hbond substituents is 1. The number of carbonyl (C=O) groups excluding carboxylic acids is 2. The number of H-pyrrole nitrogens is 1. The molecule has 0 bridgehead atoms. The van der Waals surface area contributed by atoms with Gasteiger partial charge in [0.2, 0.25) is 0 Å². The van der Waals surface area contributed by atoms with Crippen LogP contribution in [0.1, 0.15) is 42.5 Å². The molecule has 0 radical (unpaired) electrons. The van der Waals surface area contributed by atoms with Crippen molar-refractivity contribution in [2.45, 2.75) is 39.3 Å². The van der Waals surface area contributed by atoms with Crippen molar-refractivity contribution in [1.29, 1.82) is 0 Å². The Labute approximate surface area is 151 Å². The second-order valence-corrected chi connectivity index (χ2v) is 7.18. The van der Waals surface area contributed by atoms with Crippen LogP contribution in [-0.2, 0) is 17.7 Å². The maximum atomic E-state index is 12.5. The highest BCUT2D eigenvalue weighted by Gasteiger charge is 2.30. The lowest BCUT2D eigenvalue weighted by Gasteiger charge is -2.30. The van der Waals surface area contributed by atoms with Gasteiger partial charge in [0, 0.05) is 29.9 Å². The van der Waals surface area contributed by atoms with Gasteiger partial charge in [-0.3, -0.25) is 9.89 Å². The lowest BCUT2D eigenvalue weighted by molar-refractivity contribution is 0.0222. The number of ether oxygens (including phenoxy) is 1. The zero-order valence-corrected chi connectivity index (χ0v) is 15.0. The van der Waals surface area contributed by atoms with E-state index in [0.717, 1.165) is 5.69 Å². The van der Waals surface area contributed by atoms with Crippen molar-refractivity contribution in [3.63, 3.8) is 0 Å². The molecule has 3 rings (SSSR count). The van der Waals surface area contributed by atoms with Crippen molar-refractivity contribution < 1.29 is 19.4 Å². The SMILES string of the molecule is CC(C)(C)OC(=O)N1CCc2[nH]nc(C(=O)Nc3ccc(O)cc3)c2C1. The van der Waals surface area contributed by atoms with Crippen LogP contribution in [0.25, 0.3) is 0 Å². The van der Waals surface area contributed by atoms with Gasteiger partial charge in [-0.2, -0.15) is 5.10 Å². The molecule has 3 N–H and O–H groups in total. The molecule has 26 heavy (non-hydrogen) atoms. The van der Waals surface area contributed by atoms with Crippen molar-refractivity contribution in [3.8, 4) is 5.75 Å². The highest BCUT2D eigenvalue weighted by atomic mass is 16.6. The molecule has 8 nitrogen and oxygen atoms in total. The number of phenols is 1. The predicted octanol–water partition coefficient (Wildman–Crippen LogP) is 2.66. The van der Waals surface area contributed by atoms with E-state index in [9.17, 15) is 14.7 Å². The maximum absolute atomic E-state index is 12.5. The monoisotopic (exact) mass is 358 g/mol. The van der Waals surface area contributed by atoms with Crippen LogP contribution >= 0.6 is 0 Å². The Kier molecular flexibility index (Phi) is 4.58. The van der Waals surface area contributed by atoms with E-state index in [1.165, 1.54) is 12.1 Å². The zero-order chi connectivity index (χ0) is 18.9. The Balaban J connectivity index is 1.74. The molecule has 0 fully saturated rings. The minimum Gasteiger partial charge on any atom is -0.508 e. The number of hydrogen-bond donors (Lipinski definition) is 3. The Hall–Kier alpha value is -3.03. The van der Waals surface area contributed by atoms with E-state index in [2.05, 4.69) is 15.5 Å². The summed E-state index contributed by atoms with van der Waals surface area (Å²) in [6.45, 7) is 6.21. The molecule has 1 aliphatic heterocycles. The minimum absolute atomic E-state index is 0.119. The van der Waals surface area contributed by atoms with Crippen LogP contribution < -0.4 is 5.32 Å². The third-order valence-corrected chi connectivity index (χ3v) is 3.93. The van der Waals surface area contributed by atoms with Gasteiger partial charge in [0.1, 0.15) is 11.4 Å².